The summed E-state index contributed by atoms with van der Waals surface area (Å²) in [5, 5.41) is 2.35. The minimum atomic E-state index is -0.583. The number of hydrogen-bond acceptors (Lipinski definition) is 5. The Morgan fingerprint density at radius 1 is 1.03 bits per heavy atom. The van der Waals surface area contributed by atoms with Gasteiger partial charge in [0.05, 0.1) is 0 Å². The second-order valence-corrected chi connectivity index (χ2v) is 8.23. The molecule has 0 spiro atoms. The van der Waals surface area contributed by atoms with Gasteiger partial charge in [0.2, 0.25) is 11.8 Å². The highest BCUT2D eigenvalue weighted by molar-refractivity contribution is 6.05. The van der Waals surface area contributed by atoms with Crippen molar-refractivity contribution in [2.24, 2.45) is 5.73 Å². The van der Waals surface area contributed by atoms with Crippen LogP contribution in [-0.4, -0.2) is 46.7 Å². The first-order chi connectivity index (χ1) is 15.0. The van der Waals surface area contributed by atoms with E-state index in [-0.39, 0.29) is 24.1 Å². The van der Waals surface area contributed by atoms with Crippen LogP contribution < -0.4 is 11.1 Å². The zero-order chi connectivity index (χ0) is 21.8. The van der Waals surface area contributed by atoms with E-state index in [1.54, 1.807) is 4.90 Å². The standard InChI is InChI=1S/C24H28N4O3/c25-11-4-12-27(14-17-5-2-1-3-6-17)15-18-7-8-19-16-28(24(31)20(19)13-18)21-9-10-22(29)26-23(21)30/h1-3,5-8,13,21H,4,9-12,14-16,25H2,(H,26,29,30). The molecule has 7 nitrogen and oxygen atoms in total. The third-order valence-corrected chi connectivity index (χ3v) is 5.93. The Bertz CT molecular complexity index is 976. The van der Waals surface area contributed by atoms with Gasteiger partial charge in [-0.05, 0) is 42.1 Å². The summed E-state index contributed by atoms with van der Waals surface area (Å²) in [6.45, 7) is 3.44. The average Bonchev–Trinajstić information content (AvgIpc) is 3.08. The number of benzene rings is 2. The first-order valence-corrected chi connectivity index (χ1v) is 10.8. The van der Waals surface area contributed by atoms with Crippen molar-refractivity contribution in [3.05, 3.63) is 70.8 Å². The quantitative estimate of drug-likeness (QED) is 0.635. The Labute approximate surface area is 182 Å². The fourth-order valence-corrected chi connectivity index (χ4v) is 4.33. The van der Waals surface area contributed by atoms with Crippen molar-refractivity contribution in [3.8, 4) is 0 Å². The number of carbonyl (C=O) groups is 3. The number of imide groups is 1. The molecular formula is C24H28N4O3. The number of nitrogens with zero attached hydrogens (tertiary/aromatic N) is 2. The SMILES string of the molecule is NCCCN(Cc1ccccc1)Cc1ccc2c(c1)C(=O)N(C1CCC(=O)NC1=O)C2. The van der Waals surface area contributed by atoms with Gasteiger partial charge in [0.15, 0.2) is 0 Å². The van der Waals surface area contributed by atoms with Crippen LogP contribution >= 0.6 is 0 Å². The molecule has 2 aliphatic heterocycles. The van der Waals surface area contributed by atoms with Crippen molar-refractivity contribution in [1.82, 2.24) is 15.1 Å². The number of amides is 3. The molecule has 7 heteroatoms. The summed E-state index contributed by atoms with van der Waals surface area (Å²) in [5.74, 6) is -0.792. The Kier molecular flexibility index (Phi) is 6.44. The Hall–Kier alpha value is -3.03. The van der Waals surface area contributed by atoms with Crippen molar-refractivity contribution in [3.63, 3.8) is 0 Å². The van der Waals surface area contributed by atoms with E-state index in [9.17, 15) is 14.4 Å². The molecule has 0 bridgehead atoms. The number of carbonyl (C=O) groups excluding carboxylic acids is 3. The first-order valence-electron chi connectivity index (χ1n) is 10.8. The molecule has 2 aromatic carbocycles. The zero-order valence-corrected chi connectivity index (χ0v) is 17.5. The summed E-state index contributed by atoms with van der Waals surface area (Å²) in [6, 6.07) is 15.7. The molecule has 0 radical (unpaired) electrons. The van der Waals surface area contributed by atoms with E-state index in [1.165, 1.54) is 5.56 Å². The number of nitrogens with one attached hydrogen (secondary N) is 1. The lowest BCUT2D eigenvalue weighted by atomic mass is 10.0. The van der Waals surface area contributed by atoms with E-state index in [0.29, 0.717) is 31.6 Å². The topological polar surface area (TPSA) is 95.7 Å². The van der Waals surface area contributed by atoms with Crippen LogP contribution in [0.3, 0.4) is 0 Å². The molecule has 1 unspecified atom stereocenters. The molecule has 4 rings (SSSR count). The van der Waals surface area contributed by atoms with Gasteiger partial charge in [0, 0.05) is 38.2 Å². The minimum Gasteiger partial charge on any atom is -0.330 e. The van der Waals surface area contributed by atoms with Gasteiger partial charge in [-0.25, -0.2) is 0 Å². The van der Waals surface area contributed by atoms with Gasteiger partial charge >= 0.3 is 0 Å². The lowest BCUT2D eigenvalue weighted by Gasteiger charge is -2.29. The van der Waals surface area contributed by atoms with Crippen LogP contribution in [-0.2, 0) is 29.2 Å². The number of rotatable bonds is 8. The highest BCUT2D eigenvalue weighted by Gasteiger charge is 2.39. The fraction of sp³-hybridized carbons (Fsp3) is 0.375. The smallest absolute Gasteiger partial charge is 0.255 e. The lowest BCUT2D eigenvalue weighted by Crippen LogP contribution is -2.52. The molecule has 3 N–H and O–H groups in total. The number of fused-ring (bicyclic) bond motifs is 1. The van der Waals surface area contributed by atoms with E-state index in [0.717, 1.165) is 30.6 Å². The van der Waals surface area contributed by atoms with Crippen LogP contribution in [0, 0.1) is 0 Å². The van der Waals surface area contributed by atoms with Crippen molar-refractivity contribution in [2.45, 2.75) is 44.9 Å². The molecule has 2 heterocycles. The maximum absolute atomic E-state index is 13.1. The third kappa shape index (κ3) is 4.84. The highest BCUT2D eigenvalue weighted by Crippen LogP contribution is 2.28. The normalized spacial score (nSPS) is 18.5. The van der Waals surface area contributed by atoms with Crippen LogP contribution in [0.15, 0.2) is 48.5 Å². The monoisotopic (exact) mass is 420 g/mol. The van der Waals surface area contributed by atoms with Crippen molar-refractivity contribution in [2.75, 3.05) is 13.1 Å². The van der Waals surface area contributed by atoms with Crippen molar-refractivity contribution >= 4 is 17.7 Å². The average molecular weight is 421 g/mol. The van der Waals surface area contributed by atoms with E-state index in [4.69, 9.17) is 5.73 Å². The van der Waals surface area contributed by atoms with E-state index in [2.05, 4.69) is 28.4 Å². The summed E-state index contributed by atoms with van der Waals surface area (Å²) in [5.41, 5.74) is 9.61. The van der Waals surface area contributed by atoms with Crippen molar-refractivity contribution < 1.29 is 14.4 Å². The van der Waals surface area contributed by atoms with Gasteiger partial charge in [0.25, 0.3) is 5.91 Å². The summed E-state index contributed by atoms with van der Waals surface area (Å²) >= 11 is 0. The molecular weight excluding hydrogens is 392 g/mol. The van der Waals surface area contributed by atoms with Gasteiger partial charge in [0.1, 0.15) is 6.04 Å². The molecule has 1 saturated heterocycles. The van der Waals surface area contributed by atoms with E-state index >= 15 is 0 Å². The maximum Gasteiger partial charge on any atom is 0.255 e. The summed E-state index contributed by atoms with van der Waals surface area (Å²) in [6.07, 6.45) is 1.54. The first kappa shape index (κ1) is 21.2. The second kappa shape index (κ2) is 9.41. The summed E-state index contributed by atoms with van der Waals surface area (Å²) < 4.78 is 0. The molecule has 0 aromatic heterocycles. The molecule has 3 amide bonds. The fourth-order valence-electron chi connectivity index (χ4n) is 4.33. The van der Waals surface area contributed by atoms with Crippen LogP contribution in [0.25, 0.3) is 0 Å². The number of nitrogens with two attached hydrogens (primary N) is 1. The molecule has 162 valence electrons. The second-order valence-electron chi connectivity index (χ2n) is 8.23. The predicted molar refractivity (Wildman–Crippen MR) is 117 cm³/mol. The summed E-state index contributed by atoms with van der Waals surface area (Å²) in [4.78, 5) is 40.7. The van der Waals surface area contributed by atoms with E-state index < -0.39 is 6.04 Å². The van der Waals surface area contributed by atoms with E-state index in [1.807, 2.05) is 30.3 Å². The van der Waals surface area contributed by atoms with Crippen molar-refractivity contribution in [1.29, 1.82) is 0 Å². The highest BCUT2D eigenvalue weighted by atomic mass is 16.2. The molecule has 0 aliphatic carbocycles. The van der Waals surface area contributed by atoms with Gasteiger partial charge < -0.3 is 10.6 Å². The van der Waals surface area contributed by atoms with Gasteiger partial charge in [-0.15, -0.1) is 0 Å². The Morgan fingerprint density at radius 2 is 1.81 bits per heavy atom. The van der Waals surface area contributed by atoms with Crippen LogP contribution in [0.4, 0.5) is 0 Å². The van der Waals surface area contributed by atoms with Crippen LogP contribution in [0.5, 0.6) is 0 Å². The molecule has 2 aliphatic rings. The third-order valence-electron chi connectivity index (χ3n) is 5.93. The van der Waals surface area contributed by atoms with Crippen LogP contribution in [0.1, 0.15) is 46.3 Å². The maximum atomic E-state index is 13.1. The molecule has 1 fully saturated rings. The molecule has 31 heavy (non-hydrogen) atoms. The van der Waals surface area contributed by atoms with Gasteiger partial charge in [-0.1, -0.05) is 42.5 Å². The van der Waals surface area contributed by atoms with Gasteiger partial charge in [-0.3, -0.25) is 24.6 Å². The molecule has 1 atom stereocenters. The lowest BCUT2D eigenvalue weighted by molar-refractivity contribution is -0.136. The minimum absolute atomic E-state index is 0.136. The van der Waals surface area contributed by atoms with Gasteiger partial charge in [-0.2, -0.15) is 0 Å². The molecule has 0 saturated carbocycles. The number of hydrogen-bond donors (Lipinski definition) is 2. The zero-order valence-electron chi connectivity index (χ0n) is 17.5. The Morgan fingerprint density at radius 3 is 2.55 bits per heavy atom. The van der Waals surface area contributed by atoms with Crippen LogP contribution in [0.2, 0.25) is 0 Å². The molecule has 2 aromatic rings. The predicted octanol–water partition coefficient (Wildman–Crippen LogP) is 1.80. The largest absolute Gasteiger partial charge is 0.330 e. The Balaban J connectivity index is 1.48. The summed E-state index contributed by atoms with van der Waals surface area (Å²) in [7, 11) is 0. The number of piperidine rings is 1.